The van der Waals surface area contributed by atoms with Crippen LogP contribution in [0.25, 0.3) is 10.9 Å². The van der Waals surface area contributed by atoms with E-state index in [2.05, 4.69) is 52.4 Å². The van der Waals surface area contributed by atoms with Gasteiger partial charge in [0.15, 0.2) is 0 Å². The Kier molecular flexibility index (Phi) is 3.38. The van der Waals surface area contributed by atoms with Crippen LogP contribution >= 0.6 is 43.2 Å². The monoisotopic (exact) mass is 400 g/mol. The highest BCUT2D eigenvalue weighted by molar-refractivity contribution is 9.13. The number of rotatable bonds is 2. The molecule has 0 spiro atoms. The van der Waals surface area contributed by atoms with Crippen LogP contribution < -0.4 is 5.32 Å². The number of halogens is 2. The van der Waals surface area contributed by atoms with Crippen LogP contribution in [0.1, 0.15) is 10.4 Å². The van der Waals surface area contributed by atoms with Gasteiger partial charge in [-0.25, -0.2) is 0 Å². The molecule has 0 bridgehead atoms. The van der Waals surface area contributed by atoms with E-state index in [0.717, 1.165) is 19.8 Å². The van der Waals surface area contributed by atoms with E-state index in [-0.39, 0.29) is 5.91 Å². The van der Waals surface area contributed by atoms with Gasteiger partial charge in [0.05, 0.1) is 5.56 Å². The van der Waals surface area contributed by atoms with E-state index in [0.29, 0.717) is 10.7 Å². The van der Waals surface area contributed by atoms with Crippen LogP contribution in [0.15, 0.2) is 32.8 Å². The van der Waals surface area contributed by atoms with Gasteiger partial charge in [0, 0.05) is 26.0 Å². The molecule has 5 nitrogen and oxygen atoms in total. The lowest BCUT2D eigenvalue weighted by atomic mass is 10.1. The molecule has 96 valence electrons. The second-order valence-electron chi connectivity index (χ2n) is 3.71. The van der Waals surface area contributed by atoms with Crippen molar-refractivity contribution >= 4 is 65.1 Å². The molecule has 0 atom stereocenters. The van der Waals surface area contributed by atoms with E-state index in [1.54, 1.807) is 11.7 Å². The summed E-state index contributed by atoms with van der Waals surface area (Å²) in [6, 6.07) is 3.81. The normalized spacial score (nSPS) is 10.8. The first-order chi connectivity index (χ1) is 9.15. The largest absolute Gasteiger partial charge is 0.360 e. The maximum Gasteiger partial charge on any atom is 0.259 e. The van der Waals surface area contributed by atoms with Crippen molar-refractivity contribution in [2.45, 2.75) is 0 Å². The lowest BCUT2D eigenvalue weighted by Gasteiger charge is -2.01. The Bertz CT molecular complexity index is 753. The zero-order valence-corrected chi connectivity index (χ0v) is 13.3. The van der Waals surface area contributed by atoms with Gasteiger partial charge in [-0.1, -0.05) is 11.3 Å². The van der Waals surface area contributed by atoms with E-state index in [1.165, 1.54) is 11.3 Å². The second-order valence-corrected chi connectivity index (χ2v) is 6.25. The first-order valence-electron chi connectivity index (χ1n) is 5.19. The van der Waals surface area contributed by atoms with Crippen molar-refractivity contribution < 1.29 is 4.79 Å². The number of benzene rings is 1. The van der Waals surface area contributed by atoms with Crippen molar-refractivity contribution in [2.24, 2.45) is 0 Å². The maximum atomic E-state index is 12.2. The molecule has 0 saturated heterocycles. The second kappa shape index (κ2) is 5.03. The quantitative estimate of drug-likeness (QED) is 0.686. The van der Waals surface area contributed by atoms with E-state index in [4.69, 9.17) is 0 Å². The molecule has 0 aliphatic rings. The van der Waals surface area contributed by atoms with Crippen molar-refractivity contribution in [1.29, 1.82) is 0 Å². The van der Waals surface area contributed by atoms with Gasteiger partial charge in [0.1, 0.15) is 5.51 Å². The summed E-state index contributed by atoms with van der Waals surface area (Å²) in [5.74, 6) is -0.211. The first-order valence-corrected chi connectivity index (χ1v) is 7.65. The summed E-state index contributed by atoms with van der Waals surface area (Å²) in [4.78, 5) is 15.2. The fourth-order valence-electron chi connectivity index (χ4n) is 1.70. The molecule has 3 aromatic rings. The number of aromatic nitrogens is 3. The van der Waals surface area contributed by atoms with Crippen molar-refractivity contribution in [3.05, 3.63) is 38.3 Å². The van der Waals surface area contributed by atoms with Crippen LogP contribution in [0.5, 0.6) is 0 Å². The molecule has 2 aromatic heterocycles. The minimum absolute atomic E-state index is 0.211. The number of nitrogens with one attached hydrogen (secondary N) is 2. The average molecular weight is 402 g/mol. The molecule has 1 aromatic carbocycles. The highest BCUT2D eigenvalue weighted by Crippen LogP contribution is 2.30. The molecule has 0 aliphatic heterocycles. The topological polar surface area (TPSA) is 70.7 Å². The number of aromatic amines is 1. The van der Waals surface area contributed by atoms with E-state index in [9.17, 15) is 4.79 Å². The number of amides is 1. The molecule has 2 heterocycles. The van der Waals surface area contributed by atoms with Crippen molar-refractivity contribution in [1.82, 2.24) is 15.2 Å². The summed E-state index contributed by atoms with van der Waals surface area (Å²) in [5.41, 5.74) is 3.02. The van der Waals surface area contributed by atoms with Crippen LogP contribution in [0.2, 0.25) is 0 Å². The molecular formula is C11H6Br2N4OS. The molecule has 0 fully saturated rings. The molecule has 2 N–H and O–H groups in total. The number of hydrogen-bond donors (Lipinski definition) is 2. The Morgan fingerprint density at radius 3 is 2.84 bits per heavy atom. The van der Waals surface area contributed by atoms with Gasteiger partial charge >= 0.3 is 0 Å². The number of nitrogens with zero attached hydrogens (tertiary/aromatic N) is 2. The van der Waals surface area contributed by atoms with Crippen LogP contribution in [0, 0.1) is 0 Å². The fourth-order valence-corrected chi connectivity index (χ4v) is 2.82. The summed E-state index contributed by atoms with van der Waals surface area (Å²) in [7, 11) is 0. The van der Waals surface area contributed by atoms with Crippen LogP contribution in [0.3, 0.4) is 0 Å². The number of fused-ring (bicyclic) bond motifs is 1. The summed E-state index contributed by atoms with van der Waals surface area (Å²) in [6.45, 7) is 0. The fraction of sp³-hybridized carbons (Fsp3) is 0. The SMILES string of the molecule is O=C(Nc1nncs1)c1c[nH]c2cc(Br)c(Br)cc12. The van der Waals surface area contributed by atoms with Crippen molar-refractivity contribution in [3.63, 3.8) is 0 Å². The predicted octanol–water partition coefficient (Wildman–Crippen LogP) is 3.80. The van der Waals surface area contributed by atoms with Gasteiger partial charge in [-0.2, -0.15) is 0 Å². The zero-order chi connectivity index (χ0) is 13.4. The lowest BCUT2D eigenvalue weighted by Crippen LogP contribution is -2.11. The van der Waals surface area contributed by atoms with E-state index >= 15 is 0 Å². The maximum absolute atomic E-state index is 12.2. The summed E-state index contributed by atoms with van der Waals surface area (Å²) in [6.07, 6.45) is 1.68. The molecule has 8 heteroatoms. The average Bonchev–Trinajstić information content (AvgIpc) is 2.99. The number of H-pyrrole nitrogens is 1. The van der Waals surface area contributed by atoms with Gasteiger partial charge in [-0.05, 0) is 44.0 Å². The van der Waals surface area contributed by atoms with Gasteiger partial charge in [-0.15, -0.1) is 10.2 Å². The Hall–Kier alpha value is -1.25. The Morgan fingerprint density at radius 2 is 2.11 bits per heavy atom. The zero-order valence-electron chi connectivity index (χ0n) is 9.28. The molecule has 0 aliphatic carbocycles. The number of carbonyl (C=O) groups is 1. The molecular weight excluding hydrogens is 396 g/mol. The van der Waals surface area contributed by atoms with Crippen molar-refractivity contribution in [2.75, 3.05) is 5.32 Å². The number of hydrogen-bond acceptors (Lipinski definition) is 4. The highest BCUT2D eigenvalue weighted by atomic mass is 79.9. The Morgan fingerprint density at radius 1 is 1.32 bits per heavy atom. The minimum atomic E-state index is -0.211. The van der Waals surface area contributed by atoms with Crippen LogP contribution in [-0.2, 0) is 0 Å². The lowest BCUT2D eigenvalue weighted by molar-refractivity contribution is 0.102. The van der Waals surface area contributed by atoms with Gasteiger partial charge < -0.3 is 4.98 Å². The standard InChI is InChI=1S/C11H6Br2N4OS/c12-7-1-5-6(3-14-9(5)2-8(7)13)10(18)16-11-17-15-4-19-11/h1-4,14H,(H,16,17,18). The summed E-state index contributed by atoms with van der Waals surface area (Å²) in [5, 5.41) is 11.5. The minimum Gasteiger partial charge on any atom is -0.360 e. The third-order valence-corrected chi connectivity index (χ3v) is 5.00. The molecule has 19 heavy (non-hydrogen) atoms. The third kappa shape index (κ3) is 2.43. The highest BCUT2D eigenvalue weighted by Gasteiger charge is 2.14. The Balaban J connectivity index is 2.01. The van der Waals surface area contributed by atoms with Gasteiger partial charge in [-0.3, -0.25) is 10.1 Å². The predicted molar refractivity (Wildman–Crippen MR) is 81.6 cm³/mol. The van der Waals surface area contributed by atoms with Crippen LogP contribution in [-0.4, -0.2) is 21.1 Å². The molecule has 0 unspecified atom stereocenters. The summed E-state index contributed by atoms with van der Waals surface area (Å²) >= 11 is 8.14. The molecule has 3 rings (SSSR count). The molecule has 1 amide bonds. The van der Waals surface area contributed by atoms with E-state index < -0.39 is 0 Å². The van der Waals surface area contributed by atoms with Crippen molar-refractivity contribution in [3.8, 4) is 0 Å². The smallest absolute Gasteiger partial charge is 0.259 e. The van der Waals surface area contributed by atoms with Crippen LogP contribution in [0.4, 0.5) is 5.13 Å². The van der Waals surface area contributed by atoms with Gasteiger partial charge in [0.25, 0.3) is 5.91 Å². The van der Waals surface area contributed by atoms with E-state index in [1.807, 2.05) is 12.1 Å². The molecule has 0 saturated carbocycles. The van der Waals surface area contributed by atoms with Gasteiger partial charge in [0.2, 0.25) is 5.13 Å². The summed E-state index contributed by atoms with van der Waals surface area (Å²) < 4.78 is 1.82. The third-order valence-electron chi connectivity index (χ3n) is 2.55. The first kappa shape index (κ1) is 12.8. The number of anilines is 1. The Labute approximate surface area is 128 Å². The molecule has 0 radical (unpaired) electrons. The number of carbonyl (C=O) groups excluding carboxylic acids is 1.